The summed E-state index contributed by atoms with van der Waals surface area (Å²) in [6, 6.07) is 15.2. The van der Waals surface area contributed by atoms with Crippen molar-refractivity contribution < 1.29 is 28.2 Å². The number of carbonyl (C=O) groups excluding carboxylic acids is 3. The van der Waals surface area contributed by atoms with Gasteiger partial charge in [0, 0.05) is 5.69 Å². The predicted octanol–water partition coefficient (Wildman–Crippen LogP) is 6.65. The van der Waals surface area contributed by atoms with E-state index in [-0.39, 0.29) is 15.6 Å². The number of thioether (sulfide) groups is 1. The van der Waals surface area contributed by atoms with Gasteiger partial charge in [-0.05, 0) is 88.8 Å². The summed E-state index contributed by atoms with van der Waals surface area (Å²) in [5, 5.41) is 1.77. The monoisotopic (exact) mass is 666 g/mol. The number of nitrogens with zero attached hydrogens (tertiary/aromatic N) is 1. The summed E-state index contributed by atoms with van der Waals surface area (Å²) in [4.78, 5) is 38.8. The molecule has 4 rings (SSSR count). The van der Waals surface area contributed by atoms with E-state index in [0.29, 0.717) is 23.7 Å². The average molecular weight is 667 g/mol. The van der Waals surface area contributed by atoms with Gasteiger partial charge in [0.25, 0.3) is 11.1 Å². The second-order valence-electron chi connectivity index (χ2n) is 8.25. The number of imide groups is 1. The van der Waals surface area contributed by atoms with Gasteiger partial charge in [-0.3, -0.25) is 19.3 Å². The summed E-state index contributed by atoms with van der Waals surface area (Å²) in [7, 11) is 1.52. The zero-order valence-corrected chi connectivity index (χ0v) is 23.9. The van der Waals surface area contributed by atoms with Crippen molar-refractivity contribution in [2.24, 2.45) is 0 Å². The Labute approximate surface area is 241 Å². The topological polar surface area (TPSA) is 84.9 Å². The number of benzene rings is 3. The Kier molecular flexibility index (Phi) is 8.95. The van der Waals surface area contributed by atoms with Gasteiger partial charge in [0.1, 0.15) is 19.0 Å². The van der Waals surface area contributed by atoms with Crippen molar-refractivity contribution in [3.05, 3.63) is 90.6 Å². The smallest absolute Gasteiger partial charge is 0.294 e. The zero-order valence-electron chi connectivity index (χ0n) is 20.2. The first-order chi connectivity index (χ1) is 18.1. The van der Waals surface area contributed by atoms with E-state index in [1.54, 1.807) is 12.1 Å². The van der Waals surface area contributed by atoms with Gasteiger partial charge in [0.2, 0.25) is 5.91 Å². The number of hydrogen-bond acceptors (Lipinski definition) is 6. The van der Waals surface area contributed by atoms with E-state index in [1.807, 2.05) is 37.3 Å². The lowest BCUT2D eigenvalue weighted by Gasteiger charge is -2.14. The highest BCUT2D eigenvalue weighted by Gasteiger charge is 2.36. The fourth-order valence-electron chi connectivity index (χ4n) is 3.51. The molecule has 196 valence electrons. The van der Waals surface area contributed by atoms with Crippen LogP contribution in [0, 0.1) is 16.3 Å². The number of ether oxygens (including phenoxy) is 2. The van der Waals surface area contributed by atoms with Gasteiger partial charge in [-0.1, -0.05) is 41.4 Å². The number of hydrogen-bond donors (Lipinski definition) is 1. The maximum Gasteiger partial charge on any atom is 0.294 e. The SMILES string of the molecule is COc1cc(/C=C2\SC(=O)N(CC(=O)Nc3ccc(F)c(Cl)c3)C2=O)cc(I)c1OCc1ccc(C)cc1. The van der Waals surface area contributed by atoms with Crippen LogP contribution in [0.15, 0.2) is 59.5 Å². The Morgan fingerprint density at radius 2 is 1.89 bits per heavy atom. The summed E-state index contributed by atoms with van der Waals surface area (Å²) >= 11 is 8.59. The largest absolute Gasteiger partial charge is 0.493 e. The van der Waals surface area contributed by atoms with Crippen LogP contribution in [-0.2, 0) is 16.2 Å². The van der Waals surface area contributed by atoms with Crippen LogP contribution in [0.5, 0.6) is 11.5 Å². The number of amides is 3. The van der Waals surface area contributed by atoms with Crippen LogP contribution in [0.2, 0.25) is 5.02 Å². The first-order valence-electron chi connectivity index (χ1n) is 11.2. The normalized spacial score (nSPS) is 14.2. The van der Waals surface area contributed by atoms with Gasteiger partial charge < -0.3 is 14.8 Å². The van der Waals surface area contributed by atoms with E-state index in [2.05, 4.69) is 27.9 Å². The van der Waals surface area contributed by atoms with E-state index < -0.39 is 29.4 Å². The third kappa shape index (κ3) is 6.66. The van der Waals surface area contributed by atoms with Gasteiger partial charge in [-0.25, -0.2) is 4.39 Å². The standard InChI is InChI=1S/C27H21ClFIN2O5S/c1-15-3-5-16(6-4-15)14-37-25-21(30)9-17(10-22(25)36-2)11-23-26(34)32(27(35)38-23)13-24(33)31-18-7-8-20(29)19(28)12-18/h3-12H,13-14H2,1-2H3,(H,31,33)/b23-11-. The first-order valence-corrected chi connectivity index (χ1v) is 13.5. The highest BCUT2D eigenvalue weighted by Crippen LogP contribution is 2.37. The van der Waals surface area contributed by atoms with Gasteiger partial charge >= 0.3 is 0 Å². The van der Waals surface area contributed by atoms with Crippen molar-refractivity contribution in [2.75, 3.05) is 19.0 Å². The molecular weight excluding hydrogens is 646 g/mol. The highest BCUT2D eigenvalue weighted by atomic mass is 127. The fraction of sp³-hybridized carbons (Fsp3) is 0.148. The van der Waals surface area contributed by atoms with E-state index in [0.717, 1.165) is 37.4 Å². The van der Waals surface area contributed by atoms with Gasteiger partial charge in [0.15, 0.2) is 11.5 Å². The van der Waals surface area contributed by atoms with Crippen molar-refractivity contribution >= 4 is 74.8 Å². The Bertz CT molecular complexity index is 1450. The molecule has 0 bridgehead atoms. The van der Waals surface area contributed by atoms with Crippen molar-refractivity contribution in [2.45, 2.75) is 13.5 Å². The molecule has 1 aliphatic heterocycles. The average Bonchev–Trinajstić information content (AvgIpc) is 3.13. The Hall–Kier alpha value is -3.09. The van der Waals surface area contributed by atoms with E-state index in [4.69, 9.17) is 21.1 Å². The van der Waals surface area contributed by atoms with Crippen LogP contribution < -0.4 is 14.8 Å². The molecule has 0 saturated carbocycles. The minimum atomic E-state index is -0.627. The van der Waals surface area contributed by atoms with Crippen LogP contribution in [0.4, 0.5) is 14.9 Å². The van der Waals surface area contributed by atoms with E-state index >= 15 is 0 Å². The number of methoxy groups -OCH3 is 1. The van der Waals surface area contributed by atoms with E-state index in [9.17, 15) is 18.8 Å². The van der Waals surface area contributed by atoms with Crippen molar-refractivity contribution in [3.8, 4) is 11.5 Å². The van der Waals surface area contributed by atoms with Crippen LogP contribution in [0.1, 0.15) is 16.7 Å². The molecule has 7 nitrogen and oxygen atoms in total. The maximum absolute atomic E-state index is 13.3. The first kappa shape index (κ1) is 27.9. The molecule has 1 aliphatic rings. The van der Waals surface area contributed by atoms with Crippen molar-refractivity contribution in [3.63, 3.8) is 0 Å². The second kappa shape index (κ2) is 12.2. The molecule has 0 aliphatic carbocycles. The maximum atomic E-state index is 13.3. The van der Waals surface area contributed by atoms with Crippen LogP contribution >= 0.6 is 46.0 Å². The van der Waals surface area contributed by atoms with Gasteiger partial charge in [-0.15, -0.1) is 0 Å². The molecule has 3 amide bonds. The molecule has 0 atom stereocenters. The molecule has 3 aromatic rings. The fourth-order valence-corrected chi connectivity index (χ4v) is 5.31. The number of carbonyl (C=O) groups is 3. The predicted molar refractivity (Wildman–Crippen MR) is 154 cm³/mol. The number of aryl methyl sites for hydroxylation is 1. The summed E-state index contributed by atoms with van der Waals surface area (Å²) in [5.41, 5.74) is 3.05. The summed E-state index contributed by atoms with van der Waals surface area (Å²) < 4.78 is 25.6. The quantitative estimate of drug-likeness (QED) is 0.214. The Balaban J connectivity index is 1.46. The highest BCUT2D eigenvalue weighted by molar-refractivity contribution is 14.1. The molecule has 11 heteroatoms. The number of rotatable bonds is 8. The molecule has 1 saturated heterocycles. The lowest BCUT2D eigenvalue weighted by atomic mass is 10.1. The van der Waals surface area contributed by atoms with Gasteiger partial charge in [0.05, 0.1) is 20.6 Å². The third-order valence-corrected chi connectivity index (χ3v) is 7.43. The number of halogens is 3. The number of nitrogens with one attached hydrogen (secondary N) is 1. The van der Waals surface area contributed by atoms with Crippen molar-refractivity contribution in [1.29, 1.82) is 0 Å². The lowest BCUT2D eigenvalue weighted by Crippen LogP contribution is -2.36. The summed E-state index contributed by atoms with van der Waals surface area (Å²) in [6.45, 7) is 1.88. The van der Waals surface area contributed by atoms with Crippen LogP contribution in [-0.4, -0.2) is 35.6 Å². The Morgan fingerprint density at radius 3 is 2.58 bits per heavy atom. The molecule has 1 fully saturated rings. The molecule has 0 spiro atoms. The minimum Gasteiger partial charge on any atom is -0.493 e. The molecular formula is C27H21ClFIN2O5S. The molecule has 1 heterocycles. The lowest BCUT2D eigenvalue weighted by molar-refractivity contribution is -0.127. The van der Waals surface area contributed by atoms with Gasteiger partial charge in [-0.2, -0.15) is 0 Å². The molecule has 38 heavy (non-hydrogen) atoms. The van der Waals surface area contributed by atoms with Crippen LogP contribution in [0.25, 0.3) is 6.08 Å². The van der Waals surface area contributed by atoms with Crippen molar-refractivity contribution in [1.82, 2.24) is 4.90 Å². The molecule has 0 unspecified atom stereocenters. The minimum absolute atomic E-state index is 0.159. The zero-order chi connectivity index (χ0) is 27.4. The number of anilines is 1. The summed E-state index contributed by atoms with van der Waals surface area (Å²) in [6.07, 6.45) is 1.57. The molecule has 3 aromatic carbocycles. The third-order valence-electron chi connectivity index (χ3n) is 5.43. The van der Waals surface area contributed by atoms with E-state index in [1.165, 1.54) is 19.2 Å². The second-order valence-corrected chi connectivity index (χ2v) is 10.8. The molecule has 1 N–H and O–H groups in total. The van der Waals surface area contributed by atoms with Crippen LogP contribution in [0.3, 0.4) is 0 Å². The molecule has 0 radical (unpaired) electrons. The Morgan fingerprint density at radius 1 is 1.16 bits per heavy atom. The molecule has 0 aromatic heterocycles. The summed E-state index contributed by atoms with van der Waals surface area (Å²) in [5.74, 6) is -0.801.